The van der Waals surface area contributed by atoms with E-state index < -0.39 is 0 Å². The van der Waals surface area contributed by atoms with E-state index in [1.807, 2.05) is 36.4 Å². The minimum atomic E-state index is -0.0449. The van der Waals surface area contributed by atoms with Crippen molar-refractivity contribution < 1.29 is 14.3 Å². The van der Waals surface area contributed by atoms with E-state index in [4.69, 9.17) is 9.84 Å². The highest BCUT2D eigenvalue weighted by Crippen LogP contribution is 2.25. The lowest BCUT2D eigenvalue weighted by Gasteiger charge is -2.29. The largest absolute Gasteiger partial charge is 0.391 e. The molecule has 0 amide bonds. The van der Waals surface area contributed by atoms with E-state index in [0.717, 1.165) is 17.6 Å². The van der Waals surface area contributed by atoms with Crippen LogP contribution in [0.15, 0.2) is 60.7 Å². The molecule has 0 spiro atoms. The minimum Gasteiger partial charge on any atom is -0.391 e. The Bertz CT molecular complexity index is 500. The Kier molecular flexibility index (Phi) is 6.13. The first kappa shape index (κ1) is 16.7. The molecule has 118 valence electrons. The SMILES string of the molecule is C[N+](C)(CCO)CCOC(c1ccccc1)c1ccccc1. The summed E-state index contributed by atoms with van der Waals surface area (Å²) in [6.45, 7) is 2.47. The maximum atomic E-state index is 9.11. The molecule has 0 saturated heterocycles. The Morgan fingerprint density at radius 2 is 1.36 bits per heavy atom. The van der Waals surface area contributed by atoms with Crippen molar-refractivity contribution in [2.24, 2.45) is 0 Å². The summed E-state index contributed by atoms with van der Waals surface area (Å²) in [5.41, 5.74) is 2.34. The molecule has 0 bridgehead atoms. The lowest BCUT2D eigenvalue weighted by Crippen LogP contribution is -2.44. The van der Waals surface area contributed by atoms with Gasteiger partial charge in [0, 0.05) is 0 Å². The number of quaternary nitrogens is 1. The van der Waals surface area contributed by atoms with Gasteiger partial charge >= 0.3 is 0 Å². The summed E-state index contributed by atoms with van der Waals surface area (Å²) in [5, 5.41) is 9.11. The molecule has 0 unspecified atom stereocenters. The van der Waals surface area contributed by atoms with Gasteiger partial charge < -0.3 is 14.3 Å². The van der Waals surface area contributed by atoms with Crippen LogP contribution in [-0.2, 0) is 4.74 Å². The topological polar surface area (TPSA) is 29.5 Å². The van der Waals surface area contributed by atoms with Crippen molar-refractivity contribution in [3.63, 3.8) is 0 Å². The van der Waals surface area contributed by atoms with E-state index in [1.165, 1.54) is 11.1 Å². The van der Waals surface area contributed by atoms with E-state index >= 15 is 0 Å². The number of rotatable bonds is 8. The van der Waals surface area contributed by atoms with E-state index in [1.54, 1.807) is 0 Å². The summed E-state index contributed by atoms with van der Waals surface area (Å²) >= 11 is 0. The van der Waals surface area contributed by atoms with Crippen molar-refractivity contribution in [1.29, 1.82) is 0 Å². The van der Waals surface area contributed by atoms with E-state index in [9.17, 15) is 0 Å². The molecule has 0 atom stereocenters. The van der Waals surface area contributed by atoms with Crippen LogP contribution in [0, 0.1) is 0 Å². The maximum Gasteiger partial charge on any atom is 0.108 e. The van der Waals surface area contributed by atoms with Crippen molar-refractivity contribution in [2.75, 3.05) is 40.4 Å². The summed E-state index contributed by atoms with van der Waals surface area (Å²) in [5.74, 6) is 0. The standard InChI is InChI=1S/C19H26NO2/c1-20(2,13-15-21)14-16-22-19(17-9-5-3-6-10-17)18-11-7-4-8-12-18/h3-12,19,21H,13-16H2,1-2H3/q+1. The first-order chi connectivity index (χ1) is 10.6. The van der Waals surface area contributed by atoms with Crippen molar-refractivity contribution in [2.45, 2.75) is 6.10 Å². The molecule has 3 nitrogen and oxygen atoms in total. The number of hydrogen-bond donors (Lipinski definition) is 1. The van der Waals surface area contributed by atoms with Crippen LogP contribution in [0.1, 0.15) is 17.2 Å². The molecule has 0 heterocycles. The zero-order valence-corrected chi connectivity index (χ0v) is 13.5. The molecule has 0 saturated carbocycles. The zero-order valence-electron chi connectivity index (χ0n) is 13.5. The summed E-state index contributed by atoms with van der Waals surface area (Å²) in [4.78, 5) is 0. The smallest absolute Gasteiger partial charge is 0.108 e. The van der Waals surface area contributed by atoms with Crippen LogP contribution < -0.4 is 0 Å². The summed E-state index contributed by atoms with van der Waals surface area (Å²) in [6, 6.07) is 20.6. The first-order valence-corrected chi connectivity index (χ1v) is 7.77. The second-order valence-corrected chi connectivity index (χ2v) is 6.18. The van der Waals surface area contributed by atoms with Gasteiger partial charge in [-0.25, -0.2) is 0 Å². The summed E-state index contributed by atoms with van der Waals surface area (Å²) in [7, 11) is 4.22. The van der Waals surface area contributed by atoms with E-state index in [-0.39, 0.29) is 12.7 Å². The first-order valence-electron chi connectivity index (χ1n) is 7.77. The molecular weight excluding hydrogens is 274 g/mol. The van der Waals surface area contributed by atoms with Crippen LogP contribution >= 0.6 is 0 Å². The van der Waals surface area contributed by atoms with Crippen molar-refractivity contribution >= 4 is 0 Å². The van der Waals surface area contributed by atoms with Crippen molar-refractivity contribution in [1.82, 2.24) is 0 Å². The molecular formula is C19H26NO2+. The molecule has 0 aliphatic rings. The van der Waals surface area contributed by atoms with Crippen LogP contribution in [0.3, 0.4) is 0 Å². The van der Waals surface area contributed by atoms with Gasteiger partial charge in [-0.3, -0.25) is 0 Å². The van der Waals surface area contributed by atoms with Crippen LogP contribution in [-0.4, -0.2) is 50.0 Å². The third-order valence-electron chi connectivity index (χ3n) is 3.89. The van der Waals surface area contributed by atoms with Gasteiger partial charge in [0.05, 0.1) is 27.3 Å². The fourth-order valence-electron chi connectivity index (χ4n) is 2.44. The number of hydrogen-bond acceptors (Lipinski definition) is 2. The minimum absolute atomic E-state index is 0.0449. The summed E-state index contributed by atoms with van der Waals surface area (Å²) < 4.78 is 6.96. The van der Waals surface area contributed by atoms with Crippen molar-refractivity contribution in [3.05, 3.63) is 71.8 Å². The molecule has 0 aliphatic heterocycles. The Balaban J connectivity index is 2.07. The van der Waals surface area contributed by atoms with E-state index in [2.05, 4.69) is 38.4 Å². The van der Waals surface area contributed by atoms with Gasteiger partial charge in [-0.2, -0.15) is 0 Å². The number of ether oxygens (including phenoxy) is 1. The number of benzene rings is 2. The van der Waals surface area contributed by atoms with Crippen LogP contribution in [0.25, 0.3) is 0 Å². The number of likely N-dealkylation sites (N-methyl/N-ethyl adjacent to an activating group) is 1. The normalized spacial score (nSPS) is 11.8. The fraction of sp³-hybridized carbons (Fsp3) is 0.368. The average Bonchev–Trinajstić information content (AvgIpc) is 2.53. The second kappa shape index (κ2) is 8.08. The highest BCUT2D eigenvalue weighted by molar-refractivity contribution is 5.29. The number of nitrogens with zero attached hydrogens (tertiary/aromatic N) is 1. The van der Waals surface area contributed by atoms with Gasteiger partial charge in [0.15, 0.2) is 0 Å². The molecule has 3 heteroatoms. The Labute approximate surface area is 133 Å². The third kappa shape index (κ3) is 4.95. The lowest BCUT2D eigenvalue weighted by molar-refractivity contribution is -0.891. The zero-order chi connectivity index (χ0) is 15.8. The van der Waals surface area contributed by atoms with Gasteiger partial charge in [-0.15, -0.1) is 0 Å². The Morgan fingerprint density at radius 3 is 1.82 bits per heavy atom. The highest BCUT2D eigenvalue weighted by Gasteiger charge is 2.18. The molecule has 0 aliphatic carbocycles. The predicted molar refractivity (Wildman–Crippen MR) is 89.6 cm³/mol. The van der Waals surface area contributed by atoms with Crippen LogP contribution in [0.4, 0.5) is 0 Å². The average molecular weight is 300 g/mol. The molecule has 2 rings (SSSR count). The third-order valence-corrected chi connectivity index (χ3v) is 3.89. The molecule has 2 aromatic carbocycles. The predicted octanol–water partition coefficient (Wildman–Crippen LogP) is 2.86. The second-order valence-electron chi connectivity index (χ2n) is 6.18. The van der Waals surface area contributed by atoms with Crippen LogP contribution in [0.5, 0.6) is 0 Å². The Hall–Kier alpha value is -1.68. The fourth-order valence-corrected chi connectivity index (χ4v) is 2.44. The highest BCUT2D eigenvalue weighted by atomic mass is 16.5. The van der Waals surface area contributed by atoms with Gasteiger partial charge in [-0.05, 0) is 11.1 Å². The molecule has 0 radical (unpaired) electrons. The molecule has 0 aromatic heterocycles. The molecule has 1 N–H and O–H groups in total. The quantitative estimate of drug-likeness (QED) is 0.760. The lowest BCUT2D eigenvalue weighted by atomic mass is 10.0. The van der Waals surface area contributed by atoms with Crippen LogP contribution in [0.2, 0.25) is 0 Å². The molecule has 2 aromatic rings. The number of aliphatic hydroxyl groups excluding tert-OH is 1. The molecule has 22 heavy (non-hydrogen) atoms. The van der Waals surface area contributed by atoms with Crippen molar-refractivity contribution in [3.8, 4) is 0 Å². The van der Waals surface area contributed by atoms with Gasteiger partial charge in [0.1, 0.15) is 19.2 Å². The summed E-state index contributed by atoms with van der Waals surface area (Å²) in [6.07, 6.45) is -0.0449. The van der Waals surface area contributed by atoms with Gasteiger partial charge in [-0.1, -0.05) is 60.7 Å². The monoisotopic (exact) mass is 300 g/mol. The van der Waals surface area contributed by atoms with E-state index in [0.29, 0.717) is 6.61 Å². The van der Waals surface area contributed by atoms with Gasteiger partial charge in [0.2, 0.25) is 0 Å². The van der Waals surface area contributed by atoms with Gasteiger partial charge in [0.25, 0.3) is 0 Å². The number of aliphatic hydroxyl groups is 1. The molecule has 0 fully saturated rings. The Morgan fingerprint density at radius 1 is 0.864 bits per heavy atom. The maximum absolute atomic E-state index is 9.11.